The fourth-order valence-corrected chi connectivity index (χ4v) is 6.39. The fraction of sp³-hybridized carbons (Fsp3) is 0.262. The summed E-state index contributed by atoms with van der Waals surface area (Å²) in [5.74, 6) is 0.0954. The molecule has 5 aromatic rings. The van der Waals surface area contributed by atoms with Crippen LogP contribution in [0.2, 0.25) is 0 Å². The third kappa shape index (κ3) is 9.02. The van der Waals surface area contributed by atoms with Gasteiger partial charge in [0.05, 0.1) is 18.8 Å². The van der Waals surface area contributed by atoms with Crippen molar-refractivity contribution < 1.29 is 19.4 Å². The van der Waals surface area contributed by atoms with E-state index in [9.17, 15) is 9.90 Å². The van der Waals surface area contributed by atoms with Gasteiger partial charge in [-0.15, -0.1) is 0 Å². The van der Waals surface area contributed by atoms with Crippen molar-refractivity contribution in [3.8, 4) is 11.1 Å². The number of amides is 2. The molecule has 1 aliphatic rings. The van der Waals surface area contributed by atoms with Crippen LogP contribution in [0.3, 0.4) is 0 Å². The minimum Gasteiger partial charge on any atom is -0.392 e. The molecule has 0 radical (unpaired) electrons. The first-order chi connectivity index (χ1) is 24.0. The van der Waals surface area contributed by atoms with Crippen LogP contribution in [0, 0.1) is 5.92 Å². The molecular weight excluding hydrogens is 610 g/mol. The summed E-state index contributed by atoms with van der Waals surface area (Å²) in [7, 11) is 2.13. The standard InChI is InChI=1S/C42H45N3O4/c1-30-39(28-45(2)27-32-13-7-4-8-14-32)48-41(49-40(30)35-19-17-33(29-46)18-20-35)36-23-21-34(22-24-36)38-16-10-9-15-37(38)26-44-42(47)43-25-31-11-5-3-6-12-31/h3-24,30,39-41,46H,25-29H2,1-2H3,(H2,43,44,47)/t30-,39+,40+,41+/m1/s1. The number of carbonyl (C=O) groups excluding carboxylic acids is 1. The number of aliphatic hydroxyl groups excluding tert-OH is 1. The maximum atomic E-state index is 12.6. The van der Waals surface area contributed by atoms with Crippen molar-refractivity contribution in [1.29, 1.82) is 0 Å². The van der Waals surface area contributed by atoms with Crippen LogP contribution in [-0.2, 0) is 35.7 Å². The van der Waals surface area contributed by atoms with E-state index in [1.807, 2.05) is 66.7 Å². The second-order valence-electron chi connectivity index (χ2n) is 12.8. The first kappa shape index (κ1) is 34.1. The Labute approximate surface area is 289 Å². The van der Waals surface area contributed by atoms with Crippen molar-refractivity contribution in [1.82, 2.24) is 15.5 Å². The monoisotopic (exact) mass is 655 g/mol. The summed E-state index contributed by atoms with van der Waals surface area (Å²) in [6.07, 6.45) is -0.802. The lowest BCUT2D eigenvalue weighted by Gasteiger charge is -2.42. The Morgan fingerprint density at radius 1 is 0.694 bits per heavy atom. The van der Waals surface area contributed by atoms with Gasteiger partial charge in [-0.3, -0.25) is 4.90 Å². The number of benzene rings is 5. The smallest absolute Gasteiger partial charge is 0.315 e. The summed E-state index contributed by atoms with van der Waals surface area (Å²) in [5.41, 5.74) is 8.32. The molecule has 7 heteroatoms. The summed E-state index contributed by atoms with van der Waals surface area (Å²) in [5, 5.41) is 15.5. The molecule has 1 aliphatic heterocycles. The number of carbonyl (C=O) groups is 1. The Morgan fingerprint density at radius 3 is 2.00 bits per heavy atom. The Kier molecular flexibility index (Phi) is 11.5. The van der Waals surface area contributed by atoms with Gasteiger partial charge in [0.2, 0.25) is 0 Å². The molecule has 7 nitrogen and oxygen atoms in total. The van der Waals surface area contributed by atoms with E-state index in [2.05, 4.69) is 96.2 Å². The van der Waals surface area contributed by atoms with Crippen molar-refractivity contribution >= 4 is 6.03 Å². The van der Waals surface area contributed by atoms with Crippen molar-refractivity contribution in [2.75, 3.05) is 13.6 Å². The summed E-state index contributed by atoms with van der Waals surface area (Å²) < 4.78 is 13.4. The van der Waals surface area contributed by atoms with Crippen LogP contribution in [-0.4, -0.2) is 35.7 Å². The number of ether oxygens (including phenoxy) is 2. The van der Waals surface area contributed by atoms with Crippen molar-refractivity contribution in [3.63, 3.8) is 0 Å². The van der Waals surface area contributed by atoms with E-state index in [0.29, 0.717) is 13.1 Å². The molecule has 0 saturated carbocycles. The molecule has 0 spiro atoms. The molecule has 0 unspecified atom stereocenters. The molecule has 0 aliphatic carbocycles. The zero-order chi connectivity index (χ0) is 34.0. The van der Waals surface area contributed by atoms with E-state index < -0.39 is 6.29 Å². The highest BCUT2D eigenvalue weighted by Crippen LogP contribution is 2.42. The first-order valence-electron chi connectivity index (χ1n) is 16.9. The predicted molar refractivity (Wildman–Crippen MR) is 193 cm³/mol. The van der Waals surface area contributed by atoms with Crippen molar-refractivity contribution in [2.45, 2.75) is 51.7 Å². The summed E-state index contributed by atoms with van der Waals surface area (Å²) >= 11 is 0. The van der Waals surface area contributed by atoms with Gasteiger partial charge in [0.15, 0.2) is 6.29 Å². The van der Waals surface area contributed by atoms with E-state index >= 15 is 0 Å². The average molecular weight is 656 g/mol. The van der Waals surface area contributed by atoms with Gasteiger partial charge in [0.1, 0.15) is 0 Å². The summed E-state index contributed by atoms with van der Waals surface area (Å²) in [6, 6.07) is 44.6. The molecule has 49 heavy (non-hydrogen) atoms. The first-order valence-corrected chi connectivity index (χ1v) is 16.9. The second-order valence-corrected chi connectivity index (χ2v) is 12.8. The van der Waals surface area contributed by atoms with E-state index in [1.54, 1.807) is 0 Å². The van der Waals surface area contributed by atoms with Gasteiger partial charge >= 0.3 is 6.03 Å². The fourth-order valence-electron chi connectivity index (χ4n) is 6.39. The minimum absolute atomic E-state index is 0.00694. The molecular formula is C42H45N3O4. The Bertz CT molecular complexity index is 1760. The van der Waals surface area contributed by atoms with Crippen LogP contribution >= 0.6 is 0 Å². The highest BCUT2D eigenvalue weighted by molar-refractivity contribution is 5.75. The number of hydrogen-bond acceptors (Lipinski definition) is 5. The normalized spacial score (nSPS) is 19.0. The molecule has 2 amide bonds. The number of rotatable bonds is 12. The molecule has 4 atom stereocenters. The maximum Gasteiger partial charge on any atom is 0.315 e. The van der Waals surface area contributed by atoms with Gasteiger partial charge < -0.3 is 25.2 Å². The third-order valence-electron chi connectivity index (χ3n) is 9.16. The van der Waals surface area contributed by atoms with Crippen LogP contribution in [0.25, 0.3) is 11.1 Å². The van der Waals surface area contributed by atoms with E-state index in [4.69, 9.17) is 9.47 Å². The molecule has 252 valence electrons. The SMILES string of the molecule is C[C@@H]1[C@H](CN(C)Cc2ccccc2)O[C@H](c2ccc(-c3ccccc3CNC(=O)NCc3ccccc3)cc2)O[C@@H]1c1ccc(CO)cc1. The van der Waals surface area contributed by atoms with Gasteiger partial charge in [-0.05, 0) is 46.0 Å². The Balaban J connectivity index is 1.16. The number of nitrogens with one attached hydrogen (secondary N) is 2. The lowest BCUT2D eigenvalue weighted by molar-refractivity contribution is -0.276. The van der Waals surface area contributed by atoms with Gasteiger partial charge in [-0.1, -0.05) is 140 Å². The third-order valence-corrected chi connectivity index (χ3v) is 9.16. The molecule has 6 rings (SSSR count). The number of likely N-dealkylation sites (N-methyl/N-ethyl adjacent to an activating group) is 1. The zero-order valence-corrected chi connectivity index (χ0v) is 28.2. The number of aliphatic hydroxyl groups is 1. The highest BCUT2D eigenvalue weighted by atomic mass is 16.7. The van der Waals surface area contributed by atoms with Crippen LogP contribution in [0.4, 0.5) is 4.79 Å². The molecule has 5 aromatic carbocycles. The summed E-state index contributed by atoms with van der Waals surface area (Å²) in [6.45, 7) is 4.65. The van der Waals surface area contributed by atoms with E-state index in [1.165, 1.54) is 5.56 Å². The van der Waals surface area contributed by atoms with Crippen LogP contribution in [0.1, 0.15) is 52.7 Å². The van der Waals surface area contributed by atoms with Crippen LogP contribution in [0.15, 0.2) is 133 Å². The van der Waals surface area contributed by atoms with Crippen molar-refractivity contribution in [3.05, 3.63) is 167 Å². The molecule has 3 N–H and O–H groups in total. The average Bonchev–Trinajstić information content (AvgIpc) is 3.15. The van der Waals surface area contributed by atoms with Crippen molar-refractivity contribution in [2.24, 2.45) is 5.92 Å². The molecule has 1 saturated heterocycles. The molecule has 1 fully saturated rings. The molecule has 0 bridgehead atoms. The lowest BCUT2D eigenvalue weighted by atomic mass is 9.90. The quantitative estimate of drug-likeness (QED) is 0.128. The maximum absolute atomic E-state index is 12.6. The topological polar surface area (TPSA) is 83.1 Å². The van der Waals surface area contributed by atoms with E-state index in [0.717, 1.165) is 52.0 Å². The number of urea groups is 1. The van der Waals surface area contributed by atoms with E-state index in [-0.39, 0.29) is 30.8 Å². The molecule has 1 heterocycles. The highest BCUT2D eigenvalue weighted by Gasteiger charge is 2.38. The Hall–Kier alpha value is -4.79. The molecule has 0 aromatic heterocycles. The Morgan fingerprint density at radius 2 is 1.31 bits per heavy atom. The number of hydrogen-bond donors (Lipinski definition) is 3. The largest absolute Gasteiger partial charge is 0.392 e. The number of nitrogens with zero attached hydrogens (tertiary/aromatic N) is 1. The van der Waals surface area contributed by atoms with Crippen LogP contribution in [0.5, 0.6) is 0 Å². The lowest BCUT2D eigenvalue weighted by Crippen LogP contribution is -2.43. The second kappa shape index (κ2) is 16.5. The summed E-state index contributed by atoms with van der Waals surface area (Å²) in [4.78, 5) is 14.9. The van der Waals surface area contributed by atoms with Gasteiger partial charge in [-0.25, -0.2) is 4.79 Å². The van der Waals surface area contributed by atoms with Crippen LogP contribution < -0.4 is 10.6 Å². The van der Waals surface area contributed by atoms with Gasteiger partial charge in [-0.2, -0.15) is 0 Å². The predicted octanol–water partition coefficient (Wildman–Crippen LogP) is 7.77. The zero-order valence-electron chi connectivity index (χ0n) is 28.2. The minimum atomic E-state index is -0.548. The van der Waals surface area contributed by atoms with Gasteiger partial charge in [0, 0.05) is 37.7 Å². The van der Waals surface area contributed by atoms with Gasteiger partial charge in [0.25, 0.3) is 0 Å².